The average Bonchev–Trinajstić information content (AvgIpc) is 2.38. The van der Waals surface area contributed by atoms with E-state index in [1.54, 1.807) is 12.1 Å². The highest BCUT2D eigenvalue weighted by molar-refractivity contribution is 7.92. The van der Waals surface area contributed by atoms with Crippen molar-refractivity contribution in [3.8, 4) is 12.3 Å². The largest absolute Gasteiger partial charge is 0.304 e. The van der Waals surface area contributed by atoms with Crippen LogP contribution in [0.3, 0.4) is 0 Å². The highest BCUT2D eigenvalue weighted by Crippen LogP contribution is 2.23. The van der Waals surface area contributed by atoms with Crippen molar-refractivity contribution >= 4 is 26.6 Å². The van der Waals surface area contributed by atoms with Crippen molar-refractivity contribution < 1.29 is 8.42 Å². The highest BCUT2D eigenvalue weighted by Gasteiger charge is 2.12. The number of fused-ring (bicyclic) bond motifs is 1. The molecule has 0 radical (unpaired) electrons. The molecule has 2 rings (SSSR count). The van der Waals surface area contributed by atoms with E-state index in [0.29, 0.717) is 17.7 Å². The fourth-order valence-electron chi connectivity index (χ4n) is 2.00. The number of pyridine rings is 1. The van der Waals surface area contributed by atoms with E-state index < -0.39 is 10.0 Å². The topological polar surface area (TPSA) is 62.3 Å². The molecule has 6 heteroatoms. The number of hydrogen-bond donors (Lipinski definition) is 1. The van der Waals surface area contributed by atoms with E-state index >= 15 is 0 Å². The zero-order valence-corrected chi connectivity index (χ0v) is 12.8. The Labute approximate surface area is 125 Å². The molecule has 0 amide bonds. The fourth-order valence-corrected chi connectivity index (χ4v) is 2.79. The van der Waals surface area contributed by atoms with E-state index in [0.717, 1.165) is 11.1 Å². The lowest BCUT2D eigenvalue weighted by Gasteiger charge is -2.12. The van der Waals surface area contributed by atoms with Crippen LogP contribution in [0, 0.1) is 12.3 Å². The molecule has 0 atom stereocenters. The molecular formula is C15H17N3O2S. The molecule has 21 heavy (non-hydrogen) atoms. The summed E-state index contributed by atoms with van der Waals surface area (Å²) in [6.45, 7) is 0.682. The minimum atomic E-state index is -3.55. The SMILES string of the molecule is C#CCS(=O)(=O)Nc1cccc2ccc(CN(C)C)nc12. The highest BCUT2D eigenvalue weighted by atomic mass is 32.2. The number of benzene rings is 1. The number of anilines is 1. The second-order valence-electron chi connectivity index (χ2n) is 4.98. The maximum atomic E-state index is 11.8. The summed E-state index contributed by atoms with van der Waals surface area (Å²) in [5.41, 5.74) is 1.94. The first-order valence-electron chi connectivity index (χ1n) is 6.38. The molecule has 0 aliphatic heterocycles. The molecule has 1 heterocycles. The van der Waals surface area contributed by atoms with Gasteiger partial charge in [0, 0.05) is 11.9 Å². The Bertz CT molecular complexity index is 792. The van der Waals surface area contributed by atoms with Gasteiger partial charge in [0.25, 0.3) is 0 Å². The summed E-state index contributed by atoms with van der Waals surface area (Å²) in [6.07, 6.45) is 5.07. The molecule has 0 spiro atoms. The van der Waals surface area contributed by atoms with E-state index in [-0.39, 0.29) is 5.75 Å². The number of nitrogens with one attached hydrogen (secondary N) is 1. The number of terminal acetylenes is 1. The second-order valence-corrected chi connectivity index (χ2v) is 6.71. The summed E-state index contributed by atoms with van der Waals surface area (Å²) in [5, 5.41) is 0.874. The molecule has 5 nitrogen and oxygen atoms in total. The summed E-state index contributed by atoms with van der Waals surface area (Å²) < 4.78 is 26.1. The number of rotatable bonds is 5. The van der Waals surface area contributed by atoms with Gasteiger partial charge in [-0.25, -0.2) is 13.4 Å². The molecule has 1 aromatic carbocycles. The van der Waals surface area contributed by atoms with Crippen molar-refractivity contribution in [2.45, 2.75) is 6.54 Å². The summed E-state index contributed by atoms with van der Waals surface area (Å²) in [6, 6.07) is 9.22. The van der Waals surface area contributed by atoms with E-state index in [2.05, 4.69) is 15.6 Å². The molecule has 1 aromatic heterocycles. The van der Waals surface area contributed by atoms with Crippen molar-refractivity contribution in [3.05, 3.63) is 36.0 Å². The van der Waals surface area contributed by atoms with Gasteiger partial charge in [-0.3, -0.25) is 4.72 Å². The first-order chi connectivity index (χ1) is 9.91. The Morgan fingerprint density at radius 1 is 1.29 bits per heavy atom. The van der Waals surface area contributed by atoms with E-state index in [1.165, 1.54) is 0 Å². The molecular weight excluding hydrogens is 286 g/mol. The lowest BCUT2D eigenvalue weighted by molar-refractivity contribution is 0.397. The quantitative estimate of drug-likeness (QED) is 0.854. The van der Waals surface area contributed by atoms with Crippen LogP contribution in [0.25, 0.3) is 10.9 Å². The third-order valence-corrected chi connectivity index (χ3v) is 3.87. The lowest BCUT2D eigenvalue weighted by atomic mass is 10.2. The fraction of sp³-hybridized carbons (Fsp3) is 0.267. The number of para-hydroxylation sites is 1. The van der Waals surface area contributed by atoms with Crippen molar-refractivity contribution in [1.29, 1.82) is 0 Å². The zero-order valence-electron chi connectivity index (χ0n) is 12.0. The van der Waals surface area contributed by atoms with Crippen LogP contribution in [0.15, 0.2) is 30.3 Å². The monoisotopic (exact) mass is 303 g/mol. The first-order valence-corrected chi connectivity index (χ1v) is 8.04. The second kappa shape index (κ2) is 6.12. The van der Waals surface area contributed by atoms with Gasteiger partial charge in [-0.15, -0.1) is 6.42 Å². The van der Waals surface area contributed by atoms with Crippen LogP contribution in [0.5, 0.6) is 0 Å². The van der Waals surface area contributed by atoms with Gasteiger partial charge in [0.2, 0.25) is 10.0 Å². The minimum Gasteiger partial charge on any atom is -0.304 e. The van der Waals surface area contributed by atoms with E-state index in [9.17, 15) is 8.42 Å². The Balaban J connectivity index is 2.46. The van der Waals surface area contributed by atoms with Gasteiger partial charge >= 0.3 is 0 Å². The average molecular weight is 303 g/mol. The minimum absolute atomic E-state index is 0.360. The summed E-state index contributed by atoms with van der Waals surface area (Å²) in [5.74, 6) is 1.78. The predicted octanol–water partition coefficient (Wildman–Crippen LogP) is 1.67. The van der Waals surface area contributed by atoms with Crippen LogP contribution < -0.4 is 4.72 Å². The van der Waals surface area contributed by atoms with Crippen LogP contribution >= 0.6 is 0 Å². The van der Waals surface area contributed by atoms with Crippen LogP contribution in [-0.4, -0.2) is 38.1 Å². The molecule has 0 bridgehead atoms. The van der Waals surface area contributed by atoms with Crippen LogP contribution in [0.4, 0.5) is 5.69 Å². The van der Waals surface area contributed by atoms with Gasteiger partial charge in [-0.2, -0.15) is 0 Å². The van der Waals surface area contributed by atoms with E-state index in [4.69, 9.17) is 6.42 Å². The zero-order chi connectivity index (χ0) is 15.5. The Morgan fingerprint density at radius 3 is 2.71 bits per heavy atom. The standard InChI is InChI=1S/C15H17N3O2S/c1-4-10-21(19,20)17-14-7-5-6-12-8-9-13(11-18(2)3)16-15(12)14/h1,5-9,17H,10-11H2,2-3H3. The van der Waals surface area contributed by atoms with Gasteiger partial charge in [0.15, 0.2) is 0 Å². The van der Waals surface area contributed by atoms with Gasteiger partial charge in [-0.1, -0.05) is 24.1 Å². The van der Waals surface area contributed by atoms with Crippen molar-refractivity contribution in [1.82, 2.24) is 9.88 Å². The molecule has 0 fully saturated rings. The maximum Gasteiger partial charge on any atom is 0.244 e. The van der Waals surface area contributed by atoms with E-state index in [1.807, 2.05) is 37.2 Å². The van der Waals surface area contributed by atoms with Gasteiger partial charge in [-0.05, 0) is 26.2 Å². The molecule has 0 unspecified atom stereocenters. The molecule has 0 aliphatic rings. The predicted molar refractivity (Wildman–Crippen MR) is 85.4 cm³/mol. The Kier molecular flexibility index (Phi) is 4.46. The van der Waals surface area contributed by atoms with Gasteiger partial charge in [0.05, 0.1) is 16.9 Å². The van der Waals surface area contributed by atoms with Crippen molar-refractivity contribution in [3.63, 3.8) is 0 Å². The van der Waals surface area contributed by atoms with Crippen molar-refractivity contribution in [2.24, 2.45) is 0 Å². The molecule has 0 saturated carbocycles. The number of aromatic nitrogens is 1. The summed E-state index contributed by atoms with van der Waals surface area (Å²) >= 11 is 0. The molecule has 0 saturated heterocycles. The van der Waals surface area contributed by atoms with Crippen molar-refractivity contribution in [2.75, 3.05) is 24.6 Å². The third kappa shape index (κ3) is 3.94. The molecule has 110 valence electrons. The third-order valence-electron chi connectivity index (χ3n) is 2.79. The van der Waals surface area contributed by atoms with Crippen LogP contribution in [0.2, 0.25) is 0 Å². The Hall–Kier alpha value is -2.10. The summed E-state index contributed by atoms with van der Waals surface area (Å²) in [4.78, 5) is 6.54. The van der Waals surface area contributed by atoms with Crippen LogP contribution in [-0.2, 0) is 16.6 Å². The normalized spacial score (nSPS) is 11.5. The van der Waals surface area contributed by atoms with Gasteiger partial charge in [0.1, 0.15) is 5.75 Å². The Morgan fingerprint density at radius 2 is 2.05 bits per heavy atom. The number of sulfonamides is 1. The molecule has 0 aliphatic carbocycles. The molecule has 2 aromatic rings. The smallest absolute Gasteiger partial charge is 0.244 e. The molecule has 1 N–H and O–H groups in total. The first kappa shape index (κ1) is 15.3. The van der Waals surface area contributed by atoms with Gasteiger partial charge < -0.3 is 4.90 Å². The number of hydrogen-bond acceptors (Lipinski definition) is 4. The number of nitrogens with zero attached hydrogens (tertiary/aromatic N) is 2. The summed E-state index contributed by atoms with van der Waals surface area (Å²) in [7, 11) is 0.355. The maximum absolute atomic E-state index is 11.8. The van der Waals surface area contributed by atoms with Crippen LogP contribution in [0.1, 0.15) is 5.69 Å². The lowest BCUT2D eigenvalue weighted by Crippen LogP contribution is -2.16.